The summed E-state index contributed by atoms with van der Waals surface area (Å²) in [7, 11) is -0.925. The number of carbonyl (C=O) groups is 1. The molecule has 1 aromatic carbocycles. The van der Waals surface area contributed by atoms with Gasteiger partial charge >= 0.3 is 0 Å². The highest BCUT2D eigenvalue weighted by atomic mass is 31.2. The molecule has 0 aliphatic rings. The number of carbonyl (C=O) groups excluding carboxylic acids is 1. The van der Waals surface area contributed by atoms with Gasteiger partial charge in [0.25, 0.3) is 0 Å². The number of nitrogen functional groups attached to an aromatic ring is 1. The van der Waals surface area contributed by atoms with Crippen molar-refractivity contribution in [2.45, 2.75) is 20.8 Å². The number of nitrogens with two attached hydrogens (primary N) is 1. The van der Waals surface area contributed by atoms with Gasteiger partial charge in [-0.3, -0.25) is 4.79 Å². The molecule has 0 atom stereocenters. The third-order valence-electron chi connectivity index (χ3n) is 4.14. The number of hydrogen-bond acceptors (Lipinski definition) is 9. The van der Waals surface area contributed by atoms with E-state index in [4.69, 9.17) is 10.5 Å². The number of benzene rings is 1. The number of Topliss-reactive ketones (excluding diaryl/α,β-unsaturated/α-hetero) is 1. The fraction of sp³-hybridized carbons (Fsp3) is 0.286. The fourth-order valence-corrected chi connectivity index (χ4v) is 3.35. The molecule has 0 unspecified atom stereocenters. The number of ether oxygens (including phenoxy) is 1. The van der Waals surface area contributed by atoms with Crippen LogP contribution in [0.1, 0.15) is 31.3 Å². The highest BCUT2D eigenvalue weighted by Gasteiger charge is 2.18. The molecule has 0 fully saturated rings. The fourth-order valence-electron chi connectivity index (χ4n) is 2.68. The maximum absolute atomic E-state index is 12.2. The van der Waals surface area contributed by atoms with E-state index in [1.54, 1.807) is 37.9 Å². The Morgan fingerprint density at radius 1 is 1.10 bits per heavy atom. The van der Waals surface area contributed by atoms with Gasteiger partial charge in [-0.1, -0.05) is 19.9 Å². The third-order valence-corrected chi connectivity index (χ3v) is 5.61. The molecule has 0 saturated heterocycles. The molecule has 0 spiro atoms. The van der Waals surface area contributed by atoms with Gasteiger partial charge in [0, 0.05) is 30.7 Å². The first-order valence-corrected chi connectivity index (χ1v) is 12.3. The third kappa shape index (κ3) is 5.64. The van der Waals surface area contributed by atoms with Gasteiger partial charge in [0.1, 0.15) is 13.0 Å². The Bertz CT molecular complexity index is 1110. The van der Waals surface area contributed by atoms with Crippen molar-refractivity contribution >= 4 is 35.4 Å². The minimum Gasteiger partial charge on any atom is -0.494 e. The van der Waals surface area contributed by atoms with Gasteiger partial charge in [0.15, 0.2) is 23.1 Å². The van der Waals surface area contributed by atoms with Gasteiger partial charge < -0.3 is 20.4 Å². The summed E-state index contributed by atoms with van der Waals surface area (Å²) in [5, 5.41) is 11.3. The van der Waals surface area contributed by atoms with E-state index in [1.165, 1.54) is 20.1 Å². The highest BCUT2D eigenvalue weighted by Crippen LogP contribution is 2.38. The van der Waals surface area contributed by atoms with E-state index in [0.29, 0.717) is 33.8 Å². The number of nitrogens with one attached hydrogen (secondary N) is 1. The van der Waals surface area contributed by atoms with Crippen molar-refractivity contribution in [3.8, 4) is 17.1 Å². The van der Waals surface area contributed by atoms with E-state index in [9.17, 15) is 9.36 Å². The van der Waals surface area contributed by atoms with Crippen LogP contribution in [0.5, 0.6) is 5.75 Å². The zero-order valence-electron chi connectivity index (χ0n) is 18.5. The predicted molar refractivity (Wildman–Crippen MR) is 124 cm³/mol. The first-order valence-electron chi connectivity index (χ1n) is 9.67. The number of para-hydroxylation sites is 1. The molecule has 2 aromatic heterocycles. The molecule has 164 valence electrons. The Hall–Kier alpha value is -3.32. The van der Waals surface area contributed by atoms with Crippen molar-refractivity contribution in [1.29, 1.82) is 0 Å². The van der Waals surface area contributed by atoms with Crippen LogP contribution in [0.4, 0.5) is 17.2 Å². The Morgan fingerprint density at radius 3 is 2.29 bits per heavy atom. The van der Waals surface area contributed by atoms with Crippen LogP contribution < -0.4 is 21.1 Å². The molecule has 0 aliphatic heterocycles. The summed E-state index contributed by atoms with van der Waals surface area (Å²) in [4.78, 5) is 20.6. The molecule has 0 saturated carbocycles. The lowest BCUT2D eigenvalue weighted by Crippen LogP contribution is -2.08. The van der Waals surface area contributed by atoms with Crippen LogP contribution in [0.2, 0.25) is 0 Å². The molecule has 2 heterocycles. The maximum atomic E-state index is 12.2. The number of anilines is 3. The molecular formula is C21H27N6O3P. The minimum atomic E-state index is -2.45. The van der Waals surface area contributed by atoms with Gasteiger partial charge in [0.2, 0.25) is 0 Å². The van der Waals surface area contributed by atoms with Crippen LogP contribution in [-0.4, -0.2) is 46.4 Å². The van der Waals surface area contributed by atoms with Gasteiger partial charge in [-0.2, -0.15) is 0 Å². The second-order valence-electron chi connectivity index (χ2n) is 6.71. The number of ketones is 1. The molecule has 0 radical (unpaired) electrons. The van der Waals surface area contributed by atoms with Crippen molar-refractivity contribution in [2.75, 3.05) is 31.5 Å². The van der Waals surface area contributed by atoms with Gasteiger partial charge in [0.05, 0.1) is 24.0 Å². The lowest BCUT2D eigenvalue weighted by atomic mass is 10.1. The van der Waals surface area contributed by atoms with Gasteiger partial charge in [-0.25, -0.2) is 9.97 Å². The maximum Gasteiger partial charge on any atom is 0.182 e. The molecule has 10 heteroatoms. The summed E-state index contributed by atoms with van der Waals surface area (Å²) in [5.74, 6) is 0.816. The summed E-state index contributed by atoms with van der Waals surface area (Å²) in [6, 6.07) is 6.92. The van der Waals surface area contributed by atoms with Crippen LogP contribution in [0, 0.1) is 0 Å². The van der Waals surface area contributed by atoms with Crippen molar-refractivity contribution in [3.63, 3.8) is 0 Å². The SMILES string of the molecule is CC.COc1c(Nc2cc(N)nnc2C(C)=O)cccc1-c1ncc(P(C)(C)=O)cn1. The topological polar surface area (TPSA) is 133 Å². The van der Waals surface area contributed by atoms with E-state index in [2.05, 4.69) is 25.5 Å². The zero-order valence-corrected chi connectivity index (χ0v) is 19.4. The second-order valence-corrected chi connectivity index (χ2v) is 9.93. The zero-order chi connectivity index (χ0) is 23.2. The largest absolute Gasteiger partial charge is 0.494 e. The Morgan fingerprint density at radius 2 is 1.74 bits per heavy atom. The van der Waals surface area contributed by atoms with Gasteiger partial charge in [-0.15, -0.1) is 10.2 Å². The van der Waals surface area contributed by atoms with Crippen molar-refractivity contribution in [3.05, 3.63) is 42.4 Å². The molecular weight excluding hydrogens is 415 g/mol. The van der Waals surface area contributed by atoms with Crippen molar-refractivity contribution in [1.82, 2.24) is 20.2 Å². The molecule has 0 aliphatic carbocycles. The molecule has 31 heavy (non-hydrogen) atoms. The standard InChI is InChI=1S/C19H21N6O3P.C2H6/c1-11(26)17-15(8-16(20)24-25-17)23-14-7-5-6-13(18(14)28-2)19-21-9-12(10-22-19)29(3,4)27;1-2/h5-10H,1-4H3,(H3,20,23,24);1-2H3. The average Bonchev–Trinajstić information content (AvgIpc) is 2.74. The predicted octanol–water partition coefficient (Wildman–Crippen LogP) is 3.74. The molecule has 0 bridgehead atoms. The number of rotatable bonds is 6. The van der Waals surface area contributed by atoms with Crippen LogP contribution >= 0.6 is 7.14 Å². The molecule has 3 rings (SSSR count). The lowest BCUT2D eigenvalue weighted by molar-refractivity contribution is 0.101. The lowest BCUT2D eigenvalue weighted by Gasteiger charge is -2.16. The minimum absolute atomic E-state index is 0.161. The van der Waals surface area contributed by atoms with E-state index >= 15 is 0 Å². The number of nitrogens with zero attached hydrogens (tertiary/aromatic N) is 4. The van der Waals surface area contributed by atoms with Crippen molar-refractivity contribution < 1.29 is 14.1 Å². The first-order chi connectivity index (χ1) is 14.7. The number of methoxy groups -OCH3 is 1. The normalized spacial score (nSPS) is 10.6. The van der Waals surface area contributed by atoms with E-state index in [-0.39, 0.29) is 17.3 Å². The Labute approximate surface area is 181 Å². The smallest absolute Gasteiger partial charge is 0.182 e. The van der Waals surface area contributed by atoms with E-state index in [0.717, 1.165) is 0 Å². The summed E-state index contributed by atoms with van der Waals surface area (Å²) in [5.41, 5.74) is 7.50. The molecule has 0 amide bonds. The van der Waals surface area contributed by atoms with Crippen LogP contribution in [0.3, 0.4) is 0 Å². The Kier molecular flexibility index (Phi) is 7.83. The molecule has 3 N–H and O–H groups in total. The number of aromatic nitrogens is 4. The van der Waals surface area contributed by atoms with E-state index < -0.39 is 7.14 Å². The molecule has 3 aromatic rings. The van der Waals surface area contributed by atoms with Crippen LogP contribution in [0.25, 0.3) is 11.4 Å². The summed E-state index contributed by atoms with van der Waals surface area (Å²) >= 11 is 0. The highest BCUT2D eigenvalue weighted by molar-refractivity contribution is 7.70. The average molecular weight is 442 g/mol. The van der Waals surface area contributed by atoms with Crippen LogP contribution in [-0.2, 0) is 4.57 Å². The van der Waals surface area contributed by atoms with E-state index in [1.807, 2.05) is 19.9 Å². The Balaban J connectivity index is 0.00000166. The summed E-state index contributed by atoms with van der Waals surface area (Å²) < 4.78 is 17.8. The van der Waals surface area contributed by atoms with Gasteiger partial charge in [-0.05, 0) is 25.5 Å². The number of hydrogen-bond donors (Lipinski definition) is 2. The van der Waals surface area contributed by atoms with Crippen molar-refractivity contribution in [2.24, 2.45) is 0 Å². The molecule has 9 nitrogen and oxygen atoms in total. The first kappa shape index (κ1) is 24.0. The summed E-state index contributed by atoms with van der Waals surface area (Å²) in [6.45, 7) is 8.73. The second kappa shape index (κ2) is 10.1. The monoisotopic (exact) mass is 442 g/mol. The quantitative estimate of drug-likeness (QED) is 0.432. The van der Waals surface area contributed by atoms with Crippen LogP contribution in [0.15, 0.2) is 36.7 Å². The summed E-state index contributed by atoms with van der Waals surface area (Å²) in [6.07, 6.45) is 3.12.